The van der Waals surface area contributed by atoms with E-state index in [2.05, 4.69) is 10.3 Å². The molecular weight excluding hydrogens is 259 g/mol. The monoisotopic (exact) mass is 274 g/mol. The Kier molecular flexibility index (Phi) is 4.65. The lowest BCUT2D eigenvalue weighted by atomic mass is 10.3. The number of nitrogens with one attached hydrogen (secondary N) is 1. The minimum absolute atomic E-state index is 0.239. The van der Waals surface area contributed by atoms with Gasteiger partial charge in [-0.15, -0.1) is 0 Å². The summed E-state index contributed by atoms with van der Waals surface area (Å²) < 4.78 is 18.1. The van der Waals surface area contributed by atoms with Gasteiger partial charge in [0.2, 0.25) is 0 Å². The topological polar surface area (TPSA) is 51.2 Å². The quantitative estimate of drug-likeness (QED) is 0.851. The Labute approximate surface area is 116 Å². The summed E-state index contributed by atoms with van der Waals surface area (Å²) in [5.74, 6) is 0.0157. The molecule has 0 aliphatic carbocycles. The molecule has 0 saturated carbocycles. The van der Waals surface area contributed by atoms with Crippen molar-refractivity contribution in [3.63, 3.8) is 0 Å². The predicted molar refractivity (Wildman–Crippen MR) is 73.2 cm³/mol. The van der Waals surface area contributed by atoms with Crippen LogP contribution >= 0.6 is 0 Å². The number of aromatic nitrogens is 1. The van der Waals surface area contributed by atoms with Crippen LogP contribution in [0.5, 0.6) is 5.75 Å². The van der Waals surface area contributed by atoms with E-state index in [9.17, 15) is 9.18 Å². The normalized spacial score (nSPS) is 10.1. The van der Waals surface area contributed by atoms with Crippen LogP contribution in [0, 0.1) is 12.7 Å². The number of benzene rings is 1. The van der Waals surface area contributed by atoms with E-state index in [1.165, 1.54) is 12.1 Å². The van der Waals surface area contributed by atoms with E-state index < -0.39 is 0 Å². The van der Waals surface area contributed by atoms with E-state index >= 15 is 0 Å². The molecule has 0 fully saturated rings. The van der Waals surface area contributed by atoms with Crippen LogP contribution in [0.3, 0.4) is 0 Å². The third-order valence-electron chi connectivity index (χ3n) is 2.59. The van der Waals surface area contributed by atoms with E-state index in [-0.39, 0.29) is 11.7 Å². The Hall–Kier alpha value is -2.43. The molecule has 0 spiro atoms. The second-order valence-corrected chi connectivity index (χ2v) is 4.22. The van der Waals surface area contributed by atoms with Crippen LogP contribution in [-0.2, 0) is 0 Å². The summed E-state index contributed by atoms with van der Waals surface area (Å²) in [6, 6.07) is 11.0. The molecule has 1 N–H and O–H groups in total. The third-order valence-corrected chi connectivity index (χ3v) is 2.59. The lowest BCUT2D eigenvalue weighted by Gasteiger charge is -2.07. The number of amides is 1. The summed E-state index contributed by atoms with van der Waals surface area (Å²) >= 11 is 0. The number of rotatable bonds is 5. The number of nitrogens with zero attached hydrogens (tertiary/aromatic N) is 1. The molecule has 0 saturated heterocycles. The Bertz CT molecular complexity index is 585. The zero-order valence-corrected chi connectivity index (χ0v) is 11.1. The fraction of sp³-hybridized carbons (Fsp3) is 0.200. The van der Waals surface area contributed by atoms with Gasteiger partial charge < -0.3 is 10.1 Å². The molecular formula is C15H15FN2O2. The van der Waals surface area contributed by atoms with Gasteiger partial charge in [-0.1, -0.05) is 6.07 Å². The maximum atomic E-state index is 12.7. The first-order valence-corrected chi connectivity index (χ1v) is 6.25. The molecule has 2 aromatic rings. The summed E-state index contributed by atoms with van der Waals surface area (Å²) in [6.07, 6.45) is 0. The lowest BCUT2D eigenvalue weighted by molar-refractivity contribution is 0.0942. The fourth-order valence-electron chi connectivity index (χ4n) is 1.62. The van der Waals surface area contributed by atoms with Crippen LogP contribution in [0.2, 0.25) is 0 Å². The van der Waals surface area contributed by atoms with Crippen molar-refractivity contribution in [3.05, 3.63) is 59.7 Å². The van der Waals surface area contributed by atoms with Crippen LogP contribution in [0.15, 0.2) is 42.5 Å². The van der Waals surface area contributed by atoms with Crippen molar-refractivity contribution in [1.82, 2.24) is 10.3 Å². The number of aryl methyl sites for hydroxylation is 1. The predicted octanol–water partition coefficient (Wildman–Crippen LogP) is 2.34. The Balaban J connectivity index is 1.76. The summed E-state index contributed by atoms with van der Waals surface area (Å²) in [7, 11) is 0. The van der Waals surface area contributed by atoms with Crippen molar-refractivity contribution >= 4 is 5.91 Å². The van der Waals surface area contributed by atoms with Crippen molar-refractivity contribution in [2.75, 3.05) is 13.2 Å². The second kappa shape index (κ2) is 6.65. The molecule has 0 aliphatic heterocycles. The lowest BCUT2D eigenvalue weighted by Crippen LogP contribution is -2.28. The highest BCUT2D eigenvalue weighted by atomic mass is 19.1. The minimum atomic E-state index is -0.309. The largest absolute Gasteiger partial charge is 0.492 e. The van der Waals surface area contributed by atoms with Gasteiger partial charge in [0.25, 0.3) is 5.91 Å². The third kappa shape index (κ3) is 4.05. The first-order valence-electron chi connectivity index (χ1n) is 6.25. The van der Waals surface area contributed by atoms with E-state index in [0.29, 0.717) is 24.6 Å². The number of ether oxygens (including phenoxy) is 1. The SMILES string of the molecule is Cc1cccc(C(=O)NCCOc2ccc(F)cc2)n1. The summed E-state index contributed by atoms with van der Waals surface area (Å²) in [6.45, 7) is 2.49. The molecule has 4 nitrogen and oxygen atoms in total. The van der Waals surface area contributed by atoms with Crippen LogP contribution < -0.4 is 10.1 Å². The highest BCUT2D eigenvalue weighted by molar-refractivity contribution is 5.92. The van der Waals surface area contributed by atoms with Gasteiger partial charge in [0, 0.05) is 5.69 Å². The van der Waals surface area contributed by atoms with Gasteiger partial charge in [-0.05, 0) is 43.3 Å². The summed E-state index contributed by atoms with van der Waals surface area (Å²) in [5, 5.41) is 2.71. The summed E-state index contributed by atoms with van der Waals surface area (Å²) in [5.41, 5.74) is 1.17. The minimum Gasteiger partial charge on any atom is -0.492 e. The number of halogens is 1. The molecule has 1 heterocycles. The molecule has 0 aliphatic rings. The van der Waals surface area contributed by atoms with Gasteiger partial charge in [-0.25, -0.2) is 9.37 Å². The highest BCUT2D eigenvalue weighted by Crippen LogP contribution is 2.10. The molecule has 2 rings (SSSR count). The van der Waals surface area contributed by atoms with Crippen LogP contribution in [0.1, 0.15) is 16.2 Å². The average Bonchev–Trinajstić information content (AvgIpc) is 2.45. The fourth-order valence-corrected chi connectivity index (χ4v) is 1.62. The van der Waals surface area contributed by atoms with Crippen LogP contribution in [0.4, 0.5) is 4.39 Å². The van der Waals surface area contributed by atoms with E-state index in [1.807, 2.05) is 13.0 Å². The van der Waals surface area contributed by atoms with Gasteiger partial charge in [0.1, 0.15) is 23.9 Å². The first-order chi connectivity index (χ1) is 9.65. The van der Waals surface area contributed by atoms with Crippen molar-refractivity contribution in [1.29, 1.82) is 0 Å². The number of hydrogen-bond donors (Lipinski definition) is 1. The molecule has 0 bridgehead atoms. The molecule has 0 radical (unpaired) electrons. The molecule has 0 unspecified atom stereocenters. The van der Waals surface area contributed by atoms with Gasteiger partial charge in [0.15, 0.2) is 0 Å². The maximum absolute atomic E-state index is 12.7. The zero-order chi connectivity index (χ0) is 14.4. The number of hydrogen-bond acceptors (Lipinski definition) is 3. The van der Waals surface area contributed by atoms with E-state index in [4.69, 9.17) is 4.74 Å². The molecule has 1 aromatic carbocycles. The molecule has 104 valence electrons. The summed E-state index contributed by atoms with van der Waals surface area (Å²) in [4.78, 5) is 15.9. The molecule has 20 heavy (non-hydrogen) atoms. The number of carbonyl (C=O) groups excluding carboxylic acids is 1. The Morgan fingerprint density at radius 1 is 1.25 bits per heavy atom. The standard InChI is InChI=1S/C15H15FN2O2/c1-11-3-2-4-14(18-11)15(19)17-9-10-20-13-7-5-12(16)6-8-13/h2-8H,9-10H2,1H3,(H,17,19). The van der Waals surface area contributed by atoms with Crippen molar-refractivity contribution in [2.24, 2.45) is 0 Å². The van der Waals surface area contributed by atoms with Crippen LogP contribution in [0.25, 0.3) is 0 Å². The molecule has 0 atom stereocenters. The van der Waals surface area contributed by atoms with Crippen molar-refractivity contribution < 1.29 is 13.9 Å². The Morgan fingerprint density at radius 2 is 2.00 bits per heavy atom. The average molecular weight is 274 g/mol. The van der Waals surface area contributed by atoms with Gasteiger partial charge in [-0.2, -0.15) is 0 Å². The smallest absolute Gasteiger partial charge is 0.270 e. The highest BCUT2D eigenvalue weighted by Gasteiger charge is 2.06. The molecule has 1 aromatic heterocycles. The van der Waals surface area contributed by atoms with Gasteiger partial charge >= 0.3 is 0 Å². The second-order valence-electron chi connectivity index (χ2n) is 4.22. The number of carbonyl (C=O) groups is 1. The van der Waals surface area contributed by atoms with Gasteiger partial charge in [-0.3, -0.25) is 4.79 Å². The van der Waals surface area contributed by atoms with Gasteiger partial charge in [0.05, 0.1) is 6.54 Å². The number of pyridine rings is 1. The molecule has 1 amide bonds. The van der Waals surface area contributed by atoms with E-state index in [0.717, 1.165) is 5.69 Å². The maximum Gasteiger partial charge on any atom is 0.270 e. The zero-order valence-electron chi connectivity index (χ0n) is 11.1. The van der Waals surface area contributed by atoms with Crippen molar-refractivity contribution in [2.45, 2.75) is 6.92 Å². The van der Waals surface area contributed by atoms with E-state index in [1.54, 1.807) is 24.3 Å². The first kappa shape index (κ1) is 14.0. The van der Waals surface area contributed by atoms with Crippen LogP contribution in [-0.4, -0.2) is 24.0 Å². The Morgan fingerprint density at radius 3 is 2.70 bits per heavy atom. The molecule has 5 heteroatoms. The van der Waals surface area contributed by atoms with Crippen molar-refractivity contribution in [3.8, 4) is 5.75 Å².